The molecule has 2 heterocycles. The second-order valence-corrected chi connectivity index (χ2v) is 9.23. The second kappa shape index (κ2) is 8.79. The Balaban J connectivity index is 1.30. The predicted octanol–water partition coefficient (Wildman–Crippen LogP) is 2.50. The fourth-order valence-corrected chi connectivity index (χ4v) is 4.99. The van der Waals surface area contributed by atoms with Gasteiger partial charge in [0, 0.05) is 43.8 Å². The minimum atomic E-state index is -3.56. The van der Waals surface area contributed by atoms with Gasteiger partial charge in [-0.1, -0.05) is 17.7 Å². The van der Waals surface area contributed by atoms with E-state index in [0.717, 1.165) is 12.3 Å². The molecule has 0 unspecified atom stereocenters. The van der Waals surface area contributed by atoms with Crippen LogP contribution in [0.3, 0.4) is 0 Å². The molecule has 0 spiro atoms. The Morgan fingerprint density at radius 1 is 0.966 bits per heavy atom. The molecule has 2 aliphatic heterocycles. The Bertz CT molecular complexity index is 961. The van der Waals surface area contributed by atoms with E-state index < -0.39 is 10.0 Å². The molecule has 0 bridgehead atoms. The van der Waals surface area contributed by atoms with E-state index in [1.165, 1.54) is 4.31 Å². The Morgan fingerprint density at radius 3 is 2.48 bits per heavy atom. The molecule has 0 saturated carbocycles. The average Bonchev–Trinajstić information content (AvgIpc) is 2.74. The lowest BCUT2D eigenvalue weighted by Crippen LogP contribution is -2.49. The number of piperazine rings is 1. The summed E-state index contributed by atoms with van der Waals surface area (Å²) in [6.45, 7) is 4.33. The van der Waals surface area contributed by atoms with Crippen LogP contribution in [0.25, 0.3) is 0 Å². The van der Waals surface area contributed by atoms with Gasteiger partial charge in [-0.05, 0) is 30.3 Å². The number of benzene rings is 2. The van der Waals surface area contributed by atoms with Crippen LogP contribution in [0.15, 0.2) is 47.4 Å². The highest BCUT2D eigenvalue weighted by Gasteiger charge is 2.29. The van der Waals surface area contributed by atoms with E-state index >= 15 is 0 Å². The van der Waals surface area contributed by atoms with E-state index in [1.807, 2.05) is 12.1 Å². The van der Waals surface area contributed by atoms with Crippen molar-refractivity contribution < 1.29 is 22.6 Å². The van der Waals surface area contributed by atoms with Crippen molar-refractivity contribution in [1.29, 1.82) is 0 Å². The van der Waals surface area contributed by atoms with Crippen molar-refractivity contribution in [2.45, 2.75) is 4.90 Å². The smallest absolute Gasteiger partial charge is 0.243 e. The van der Waals surface area contributed by atoms with Crippen LogP contribution in [0.4, 0.5) is 0 Å². The molecule has 0 radical (unpaired) electrons. The first-order valence-electron chi connectivity index (χ1n) is 9.53. The standard InChI is InChI=1S/C20H23ClN2O5S/c21-16-2-1-3-17(14-16)26-11-10-22-6-8-23(9-7-22)29(24,25)18-4-5-19-20(15-18)28-13-12-27-19/h1-5,14-15H,6-13H2. The Morgan fingerprint density at radius 2 is 1.72 bits per heavy atom. The molecule has 0 amide bonds. The minimum Gasteiger partial charge on any atom is -0.492 e. The van der Waals surface area contributed by atoms with E-state index in [0.29, 0.717) is 62.5 Å². The summed E-state index contributed by atoms with van der Waals surface area (Å²) in [4.78, 5) is 2.43. The van der Waals surface area contributed by atoms with Crippen molar-refractivity contribution in [3.63, 3.8) is 0 Å². The molecule has 1 saturated heterocycles. The van der Waals surface area contributed by atoms with Gasteiger partial charge in [0.1, 0.15) is 25.6 Å². The lowest BCUT2D eigenvalue weighted by atomic mass is 10.3. The monoisotopic (exact) mass is 438 g/mol. The van der Waals surface area contributed by atoms with Gasteiger partial charge < -0.3 is 14.2 Å². The SMILES string of the molecule is O=S(=O)(c1ccc2c(c1)OCCO2)N1CCN(CCOc2cccc(Cl)c2)CC1. The largest absolute Gasteiger partial charge is 0.492 e. The van der Waals surface area contributed by atoms with Crippen LogP contribution < -0.4 is 14.2 Å². The minimum absolute atomic E-state index is 0.236. The molecule has 29 heavy (non-hydrogen) atoms. The van der Waals surface area contributed by atoms with Crippen molar-refractivity contribution in [2.24, 2.45) is 0 Å². The van der Waals surface area contributed by atoms with E-state index in [2.05, 4.69) is 4.90 Å². The van der Waals surface area contributed by atoms with Gasteiger partial charge in [-0.2, -0.15) is 4.31 Å². The van der Waals surface area contributed by atoms with Crippen molar-refractivity contribution in [3.05, 3.63) is 47.5 Å². The number of ether oxygens (including phenoxy) is 3. The van der Waals surface area contributed by atoms with Gasteiger partial charge >= 0.3 is 0 Å². The Labute approximate surface area is 175 Å². The third-order valence-electron chi connectivity index (χ3n) is 4.96. The fraction of sp³-hybridized carbons (Fsp3) is 0.400. The van der Waals surface area contributed by atoms with Crippen molar-refractivity contribution in [1.82, 2.24) is 9.21 Å². The van der Waals surface area contributed by atoms with Crippen LogP contribution in [0.1, 0.15) is 0 Å². The molecule has 4 rings (SSSR count). The maximum absolute atomic E-state index is 13.0. The normalized spacial score (nSPS) is 17.8. The van der Waals surface area contributed by atoms with Gasteiger partial charge in [-0.25, -0.2) is 8.42 Å². The third kappa shape index (κ3) is 4.78. The summed E-state index contributed by atoms with van der Waals surface area (Å²) in [5.74, 6) is 1.80. The predicted molar refractivity (Wildman–Crippen MR) is 110 cm³/mol. The summed E-state index contributed by atoms with van der Waals surface area (Å²) >= 11 is 5.95. The van der Waals surface area contributed by atoms with Crippen LogP contribution >= 0.6 is 11.6 Å². The van der Waals surface area contributed by atoms with E-state index in [-0.39, 0.29) is 4.90 Å². The van der Waals surface area contributed by atoms with Crippen LogP contribution in [0.5, 0.6) is 17.2 Å². The molecular formula is C20H23ClN2O5S. The zero-order valence-electron chi connectivity index (χ0n) is 15.9. The summed E-state index contributed by atoms with van der Waals surface area (Å²) in [7, 11) is -3.56. The van der Waals surface area contributed by atoms with Gasteiger partial charge in [0.15, 0.2) is 11.5 Å². The van der Waals surface area contributed by atoms with Crippen molar-refractivity contribution in [2.75, 3.05) is 52.5 Å². The zero-order valence-corrected chi connectivity index (χ0v) is 17.5. The molecule has 2 aromatic carbocycles. The van der Waals surface area contributed by atoms with E-state index in [9.17, 15) is 8.42 Å². The quantitative estimate of drug-likeness (QED) is 0.690. The molecular weight excluding hydrogens is 416 g/mol. The molecule has 0 aromatic heterocycles. The molecule has 1 fully saturated rings. The molecule has 0 N–H and O–H groups in total. The zero-order chi connectivity index (χ0) is 20.3. The highest BCUT2D eigenvalue weighted by molar-refractivity contribution is 7.89. The fourth-order valence-electron chi connectivity index (χ4n) is 3.38. The molecule has 7 nitrogen and oxygen atoms in total. The Hall–Kier alpha value is -2.00. The van der Waals surface area contributed by atoms with Crippen LogP contribution in [0.2, 0.25) is 5.02 Å². The summed E-state index contributed by atoms with van der Waals surface area (Å²) in [6, 6.07) is 12.1. The molecule has 0 atom stereocenters. The summed E-state index contributed by atoms with van der Waals surface area (Å²) in [5.41, 5.74) is 0. The van der Waals surface area contributed by atoms with Crippen LogP contribution in [0, 0.1) is 0 Å². The summed E-state index contributed by atoms with van der Waals surface area (Å²) in [5, 5.41) is 0.639. The number of rotatable bonds is 6. The Kier molecular flexibility index (Phi) is 6.15. The first kappa shape index (κ1) is 20.3. The van der Waals surface area contributed by atoms with Crippen LogP contribution in [-0.2, 0) is 10.0 Å². The van der Waals surface area contributed by atoms with Gasteiger partial charge in [0.05, 0.1) is 4.90 Å². The van der Waals surface area contributed by atoms with E-state index in [1.54, 1.807) is 30.3 Å². The van der Waals surface area contributed by atoms with Gasteiger partial charge in [0.25, 0.3) is 0 Å². The maximum atomic E-state index is 13.0. The highest BCUT2D eigenvalue weighted by Crippen LogP contribution is 2.33. The maximum Gasteiger partial charge on any atom is 0.243 e. The third-order valence-corrected chi connectivity index (χ3v) is 7.08. The number of hydrogen-bond donors (Lipinski definition) is 0. The van der Waals surface area contributed by atoms with Crippen LogP contribution in [-0.4, -0.2) is 70.2 Å². The van der Waals surface area contributed by atoms with Crippen molar-refractivity contribution >= 4 is 21.6 Å². The molecule has 2 aliphatic rings. The van der Waals surface area contributed by atoms with Crippen molar-refractivity contribution in [3.8, 4) is 17.2 Å². The lowest BCUT2D eigenvalue weighted by molar-refractivity contribution is 0.158. The van der Waals surface area contributed by atoms with E-state index in [4.69, 9.17) is 25.8 Å². The topological polar surface area (TPSA) is 68.3 Å². The second-order valence-electron chi connectivity index (χ2n) is 6.86. The van der Waals surface area contributed by atoms with Gasteiger partial charge in [-0.15, -0.1) is 0 Å². The first-order valence-corrected chi connectivity index (χ1v) is 11.3. The molecule has 9 heteroatoms. The number of sulfonamides is 1. The highest BCUT2D eigenvalue weighted by atomic mass is 35.5. The number of hydrogen-bond acceptors (Lipinski definition) is 6. The van der Waals surface area contributed by atoms with Gasteiger partial charge in [0.2, 0.25) is 10.0 Å². The van der Waals surface area contributed by atoms with Gasteiger partial charge in [-0.3, -0.25) is 4.90 Å². The average molecular weight is 439 g/mol. The number of nitrogens with zero attached hydrogens (tertiary/aromatic N) is 2. The molecule has 0 aliphatic carbocycles. The number of fused-ring (bicyclic) bond motifs is 1. The molecule has 156 valence electrons. The lowest BCUT2D eigenvalue weighted by Gasteiger charge is -2.34. The summed E-state index contributed by atoms with van der Waals surface area (Å²) < 4.78 is 44.2. The first-order chi connectivity index (χ1) is 14.0. The summed E-state index contributed by atoms with van der Waals surface area (Å²) in [6.07, 6.45) is 0. The molecule has 2 aromatic rings. The number of halogens is 1.